The molecular formula is C19H26FN5OS. The average molecular weight is 392 g/mol. The minimum absolute atomic E-state index is 0.295. The van der Waals surface area contributed by atoms with Crippen molar-refractivity contribution in [2.75, 3.05) is 26.2 Å². The number of hydrogen-bond acceptors (Lipinski definition) is 4. The van der Waals surface area contributed by atoms with Gasteiger partial charge in [-0.2, -0.15) is 0 Å². The minimum atomic E-state index is -0.377. The van der Waals surface area contributed by atoms with E-state index in [9.17, 15) is 9.18 Å². The molecule has 1 amide bonds. The third-order valence-corrected chi connectivity index (χ3v) is 4.72. The van der Waals surface area contributed by atoms with Crippen molar-refractivity contribution in [1.29, 1.82) is 0 Å². The molecule has 0 atom stereocenters. The summed E-state index contributed by atoms with van der Waals surface area (Å²) in [6.45, 7) is 8.00. The van der Waals surface area contributed by atoms with E-state index in [0.717, 1.165) is 18.0 Å². The molecule has 0 aliphatic heterocycles. The molecule has 1 aromatic carbocycles. The molecule has 2 aromatic rings. The lowest BCUT2D eigenvalue weighted by Gasteiger charge is -2.12. The van der Waals surface area contributed by atoms with E-state index in [1.807, 2.05) is 20.0 Å². The molecule has 0 spiro atoms. The van der Waals surface area contributed by atoms with E-state index in [4.69, 9.17) is 0 Å². The third-order valence-electron chi connectivity index (χ3n) is 3.75. The van der Waals surface area contributed by atoms with Crippen molar-refractivity contribution >= 4 is 23.2 Å². The lowest BCUT2D eigenvalue weighted by Crippen LogP contribution is -2.41. The Morgan fingerprint density at radius 2 is 2.00 bits per heavy atom. The number of thiazole rings is 1. The number of halogens is 1. The molecular weight excluding hydrogens is 365 g/mol. The predicted octanol–water partition coefficient (Wildman–Crippen LogP) is 2.43. The van der Waals surface area contributed by atoms with Crippen LogP contribution in [0.5, 0.6) is 0 Å². The van der Waals surface area contributed by atoms with Crippen molar-refractivity contribution in [2.24, 2.45) is 4.99 Å². The first-order valence-corrected chi connectivity index (χ1v) is 9.79. The maximum absolute atomic E-state index is 13.5. The van der Waals surface area contributed by atoms with Crippen LogP contribution in [0.15, 0.2) is 29.4 Å². The van der Waals surface area contributed by atoms with Crippen LogP contribution in [0.3, 0.4) is 0 Å². The molecule has 0 saturated carbocycles. The van der Waals surface area contributed by atoms with Crippen LogP contribution in [0.25, 0.3) is 0 Å². The number of amides is 1. The third kappa shape index (κ3) is 6.97. The Balaban J connectivity index is 1.75. The second kappa shape index (κ2) is 10.6. The van der Waals surface area contributed by atoms with Crippen LogP contribution in [0.4, 0.5) is 4.39 Å². The van der Waals surface area contributed by atoms with E-state index in [1.165, 1.54) is 10.9 Å². The Morgan fingerprint density at radius 3 is 2.67 bits per heavy atom. The molecule has 0 unspecified atom stereocenters. The maximum Gasteiger partial charge on any atom is 0.251 e. The standard InChI is InChI=1S/C19H26FN5OS/c1-4-21-19(23-8-7-17-25-12-14(3)27-17)24-10-9-22-18(26)15-6-5-13(2)16(20)11-15/h5-6,11-12H,4,7-10H2,1-3H3,(H,22,26)(H2,21,23,24). The minimum Gasteiger partial charge on any atom is -0.357 e. The Labute approximate surface area is 163 Å². The van der Waals surface area contributed by atoms with Crippen molar-refractivity contribution in [3.8, 4) is 0 Å². The van der Waals surface area contributed by atoms with Gasteiger partial charge >= 0.3 is 0 Å². The van der Waals surface area contributed by atoms with Gasteiger partial charge in [-0.3, -0.25) is 9.79 Å². The second-order valence-electron chi connectivity index (χ2n) is 6.02. The number of nitrogens with zero attached hydrogens (tertiary/aromatic N) is 2. The van der Waals surface area contributed by atoms with Crippen LogP contribution in [-0.4, -0.2) is 43.0 Å². The number of hydrogen-bond donors (Lipinski definition) is 3. The Bertz CT molecular complexity index is 790. The first-order valence-electron chi connectivity index (χ1n) is 8.97. The van der Waals surface area contributed by atoms with Crippen molar-refractivity contribution in [2.45, 2.75) is 27.2 Å². The number of benzene rings is 1. The summed E-state index contributed by atoms with van der Waals surface area (Å²) < 4.78 is 13.5. The van der Waals surface area contributed by atoms with Gasteiger partial charge in [0.2, 0.25) is 0 Å². The van der Waals surface area contributed by atoms with Gasteiger partial charge in [0.05, 0.1) is 5.01 Å². The predicted molar refractivity (Wildman–Crippen MR) is 108 cm³/mol. The SMILES string of the molecule is CCNC(=NCCc1ncc(C)s1)NCCNC(=O)c1ccc(C)c(F)c1. The molecule has 6 nitrogen and oxygen atoms in total. The fourth-order valence-corrected chi connectivity index (χ4v) is 3.09. The van der Waals surface area contributed by atoms with Gasteiger partial charge in [0.1, 0.15) is 5.82 Å². The Hall–Kier alpha value is -2.48. The molecule has 146 valence electrons. The highest BCUT2D eigenvalue weighted by atomic mass is 32.1. The quantitative estimate of drug-likeness (QED) is 0.367. The van der Waals surface area contributed by atoms with Crippen LogP contribution < -0.4 is 16.0 Å². The fourth-order valence-electron chi connectivity index (χ4n) is 2.32. The van der Waals surface area contributed by atoms with Gasteiger partial charge in [-0.05, 0) is 38.5 Å². The largest absolute Gasteiger partial charge is 0.357 e. The number of carbonyl (C=O) groups excluding carboxylic acids is 1. The van der Waals surface area contributed by atoms with Crippen molar-refractivity contribution in [3.05, 3.63) is 51.2 Å². The van der Waals surface area contributed by atoms with E-state index in [2.05, 4.69) is 25.9 Å². The molecule has 3 N–H and O–H groups in total. The summed E-state index contributed by atoms with van der Waals surface area (Å²) in [6, 6.07) is 4.47. The molecule has 0 bridgehead atoms. The van der Waals surface area contributed by atoms with E-state index in [1.54, 1.807) is 30.4 Å². The highest BCUT2D eigenvalue weighted by Gasteiger charge is 2.07. The molecule has 1 heterocycles. The van der Waals surface area contributed by atoms with Gasteiger partial charge in [-0.15, -0.1) is 11.3 Å². The summed E-state index contributed by atoms with van der Waals surface area (Å²) >= 11 is 1.68. The van der Waals surface area contributed by atoms with Crippen LogP contribution in [-0.2, 0) is 6.42 Å². The number of guanidine groups is 1. The monoisotopic (exact) mass is 391 g/mol. The molecule has 0 radical (unpaired) electrons. The molecule has 0 saturated heterocycles. The first kappa shape index (κ1) is 20.8. The van der Waals surface area contributed by atoms with E-state index < -0.39 is 0 Å². The van der Waals surface area contributed by atoms with Gasteiger partial charge in [0.15, 0.2) is 5.96 Å². The van der Waals surface area contributed by atoms with E-state index in [-0.39, 0.29) is 11.7 Å². The lowest BCUT2D eigenvalue weighted by molar-refractivity contribution is 0.0954. The lowest BCUT2D eigenvalue weighted by atomic mass is 10.1. The molecule has 27 heavy (non-hydrogen) atoms. The molecule has 2 rings (SSSR count). The summed E-state index contributed by atoms with van der Waals surface area (Å²) in [6.07, 6.45) is 2.67. The summed E-state index contributed by atoms with van der Waals surface area (Å²) in [7, 11) is 0. The topological polar surface area (TPSA) is 78.4 Å². The second-order valence-corrected chi connectivity index (χ2v) is 7.34. The Morgan fingerprint density at radius 1 is 1.22 bits per heavy atom. The molecule has 0 aliphatic carbocycles. The van der Waals surface area contributed by atoms with Gasteiger partial charge < -0.3 is 16.0 Å². The van der Waals surface area contributed by atoms with Crippen molar-refractivity contribution in [3.63, 3.8) is 0 Å². The average Bonchev–Trinajstić information content (AvgIpc) is 3.06. The molecule has 0 aliphatic rings. The molecule has 0 fully saturated rings. The highest BCUT2D eigenvalue weighted by Crippen LogP contribution is 2.11. The van der Waals surface area contributed by atoms with E-state index in [0.29, 0.717) is 36.7 Å². The van der Waals surface area contributed by atoms with Gasteiger partial charge in [0, 0.05) is 49.2 Å². The van der Waals surface area contributed by atoms with Crippen LogP contribution in [0, 0.1) is 19.7 Å². The number of carbonyl (C=O) groups is 1. The normalized spacial score (nSPS) is 11.3. The van der Waals surface area contributed by atoms with Crippen LogP contribution >= 0.6 is 11.3 Å². The maximum atomic E-state index is 13.5. The fraction of sp³-hybridized carbons (Fsp3) is 0.421. The van der Waals surface area contributed by atoms with Crippen LogP contribution in [0.2, 0.25) is 0 Å². The zero-order valence-electron chi connectivity index (χ0n) is 15.9. The van der Waals surface area contributed by atoms with E-state index >= 15 is 0 Å². The number of aryl methyl sites for hydroxylation is 2. The highest BCUT2D eigenvalue weighted by molar-refractivity contribution is 7.11. The summed E-state index contributed by atoms with van der Waals surface area (Å²) in [5, 5.41) is 10.2. The number of aromatic nitrogens is 1. The summed E-state index contributed by atoms with van der Waals surface area (Å²) in [5.41, 5.74) is 0.838. The van der Waals surface area contributed by atoms with Gasteiger partial charge in [-0.25, -0.2) is 9.37 Å². The smallest absolute Gasteiger partial charge is 0.251 e. The van der Waals surface area contributed by atoms with Crippen LogP contribution in [0.1, 0.15) is 32.7 Å². The van der Waals surface area contributed by atoms with Crippen molar-refractivity contribution < 1.29 is 9.18 Å². The zero-order chi connectivity index (χ0) is 19.6. The Kier molecular flexibility index (Phi) is 8.19. The number of aliphatic imine (C=N–C) groups is 1. The molecule has 1 aromatic heterocycles. The number of rotatable bonds is 8. The first-order chi connectivity index (χ1) is 13.0. The van der Waals surface area contributed by atoms with Gasteiger partial charge in [-0.1, -0.05) is 6.07 Å². The number of nitrogens with one attached hydrogen (secondary N) is 3. The summed E-state index contributed by atoms with van der Waals surface area (Å²) in [4.78, 5) is 22.1. The molecule has 8 heteroatoms. The summed E-state index contributed by atoms with van der Waals surface area (Å²) in [5.74, 6) is 0.0240. The van der Waals surface area contributed by atoms with Gasteiger partial charge in [0.25, 0.3) is 5.91 Å². The zero-order valence-corrected chi connectivity index (χ0v) is 16.8. The van der Waals surface area contributed by atoms with Crippen molar-refractivity contribution in [1.82, 2.24) is 20.9 Å².